The number of rotatable bonds is 6. The van der Waals surface area contributed by atoms with Gasteiger partial charge in [0.25, 0.3) is 0 Å². The first-order valence-electron chi connectivity index (χ1n) is 6.97. The van der Waals surface area contributed by atoms with Crippen molar-refractivity contribution < 1.29 is 8.42 Å². The van der Waals surface area contributed by atoms with E-state index < -0.39 is 10.0 Å². The van der Waals surface area contributed by atoms with E-state index in [1.807, 2.05) is 6.92 Å². The number of alkyl halides is 1. The standard InChI is InChI=1S/C13H22ClN3O2S/c1-10-13(11(2)17(15-10)9-5-8-14)20(18,19)16(3)12-6-4-7-12/h12H,4-9H2,1-3H3. The molecule has 0 aromatic carbocycles. The lowest BCUT2D eigenvalue weighted by Crippen LogP contribution is -2.41. The molecule has 0 saturated heterocycles. The van der Waals surface area contributed by atoms with Crippen molar-refractivity contribution in [1.29, 1.82) is 0 Å². The molecule has 0 spiro atoms. The average molecular weight is 320 g/mol. The van der Waals surface area contributed by atoms with E-state index in [-0.39, 0.29) is 6.04 Å². The zero-order chi connectivity index (χ0) is 14.9. The molecule has 1 aromatic heterocycles. The van der Waals surface area contributed by atoms with Crippen LogP contribution in [0.15, 0.2) is 4.90 Å². The van der Waals surface area contributed by atoms with Gasteiger partial charge in [0.15, 0.2) is 0 Å². The Morgan fingerprint density at radius 1 is 1.40 bits per heavy atom. The molecule has 0 N–H and O–H groups in total. The SMILES string of the molecule is Cc1nn(CCCCl)c(C)c1S(=O)(=O)N(C)C1CCC1. The largest absolute Gasteiger partial charge is 0.268 e. The van der Waals surface area contributed by atoms with Crippen LogP contribution in [-0.2, 0) is 16.6 Å². The monoisotopic (exact) mass is 319 g/mol. The van der Waals surface area contributed by atoms with Crippen LogP contribution < -0.4 is 0 Å². The molecule has 1 aliphatic carbocycles. The van der Waals surface area contributed by atoms with Gasteiger partial charge in [0.05, 0.1) is 11.4 Å². The highest BCUT2D eigenvalue weighted by Gasteiger charge is 2.35. The van der Waals surface area contributed by atoms with Gasteiger partial charge in [-0.1, -0.05) is 6.42 Å². The zero-order valence-electron chi connectivity index (χ0n) is 12.3. The predicted molar refractivity (Wildman–Crippen MR) is 79.6 cm³/mol. The molecule has 0 bridgehead atoms. The number of nitrogens with zero attached hydrogens (tertiary/aromatic N) is 3. The lowest BCUT2D eigenvalue weighted by atomic mass is 9.94. The molecule has 1 fully saturated rings. The third kappa shape index (κ3) is 2.73. The van der Waals surface area contributed by atoms with Crippen molar-refractivity contribution in [3.05, 3.63) is 11.4 Å². The molecule has 114 valence electrons. The molecule has 0 atom stereocenters. The van der Waals surface area contributed by atoms with Crippen LogP contribution in [0.2, 0.25) is 0 Å². The van der Waals surface area contributed by atoms with Gasteiger partial charge in [-0.05, 0) is 33.1 Å². The Bertz CT molecular complexity index is 579. The van der Waals surface area contributed by atoms with Gasteiger partial charge in [0, 0.05) is 25.5 Å². The summed E-state index contributed by atoms with van der Waals surface area (Å²) in [5, 5.41) is 4.35. The summed E-state index contributed by atoms with van der Waals surface area (Å²) in [6.07, 6.45) is 3.79. The topological polar surface area (TPSA) is 55.2 Å². The van der Waals surface area contributed by atoms with Gasteiger partial charge in [-0.2, -0.15) is 9.40 Å². The van der Waals surface area contributed by atoms with Gasteiger partial charge in [-0.25, -0.2) is 8.42 Å². The van der Waals surface area contributed by atoms with Crippen molar-refractivity contribution in [2.75, 3.05) is 12.9 Å². The quantitative estimate of drug-likeness (QED) is 0.756. The highest BCUT2D eigenvalue weighted by atomic mass is 35.5. The van der Waals surface area contributed by atoms with Gasteiger partial charge < -0.3 is 0 Å². The first-order valence-corrected chi connectivity index (χ1v) is 8.95. The minimum absolute atomic E-state index is 0.144. The Labute approximate surface area is 126 Å². The number of hydrogen-bond donors (Lipinski definition) is 0. The van der Waals surface area contributed by atoms with Crippen LogP contribution in [0.3, 0.4) is 0 Å². The molecule has 2 rings (SSSR count). The Balaban J connectivity index is 2.33. The van der Waals surface area contributed by atoms with Gasteiger partial charge in [0.1, 0.15) is 4.90 Å². The number of aryl methyl sites for hydroxylation is 2. The van der Waals surface area contributed by atoms with Crippen molar-refractivity contribution in [3.8, 4) is 0 Å². The number of sulfonamides is 1. The van der Waals surface area contributed by atoms with E-state index in [0.717, 1.165) is 25.7 Å². The summed E-state index contributed by atoms with van der Waals surface area (Å²) in [6, 6.07) is 0.144. The lowest BCUT2D eigenvalue weighted by molar-refractivity contribution is 0.249. The fourth-order valence-corrected chi connectivity index (χ4v) is 4.48. The van der Waals surface area contributed by atoms with Crippen molar-refractivity contribution >= 4 is 21.6 Å². The van der Waals surface area contributed by atoms with Crippen LogP contribution in [0.1, 0.15) is 37.1 Å². The van der Waals surface area contributed by atoms with E-state index in [0.29, 0.717) is 28.7 Å². The minimum atomic E-state index is -3.45. The van der Waals surface area contributed by atoms with Crippen LogP contribution in [-0.4, -0.2) is 41.5 Å². The van der Waals surface area contributed by atoms with Gasteiger partial charge >= 0.3 is 0 Å². The maximum Gasteiger partial charge on any atom is 0.246 e. The van der Waals surface area contributed by atoms with E-state index >= 15 is 0 Å². The normalized spacial score (nSPS) is 16.6. The Hall–Kier alpha value is -0.590. The van der Waals surface area contributed by atoms with Crippen molar-refractivity contribution in [1.82, 2.24) is 14.1 Å². The van der Waals surface area contributed by atoms with Crippen LogP contribution in [0.25, 0.3) is 0 Å². The summed E-state index contributed by atoms with van der Waals surface area (Å²) < 4.78 is 28.7. The second-order valence-electron chi connectivity index (χ2n) is 5.37. The second kappa shape index (κ2) is 6.03. The summed E-state index contributed by atoms with van der Waals surface area (Å²) in [5.41, 5.74) is 1.28. The Morgan fingerprint density at radius 3 is 2.55 bits per heavy atom. The first-order chi connectivity index (χ1) is 9.39. The molecule has 1 aliphatic rings. The molecule has 5 nitrogen and oxygen atoms in total. The third-order valence-corrected chi connectivity index (χ3v) is 6.48. The summed E-state index contributed by atoms with van der Waals surface area (Å²) in [7, 11) is -1.77. The molecule has 0 radical (unpaired) electrons. The van der Waals surface area contributed by atoms with Crippen LogP contribution in [0.5, 0.6) is 0 Å². The first kappa shape index (κ1) is 15.8. The van der Waals surface area contributed by atoms with Crippen molar-refractivity contribution in [3.63, 3.8) is 0 Å². The molecule has 0 unspecified atom stereocenters. The highest BCUT2D eigenvalue weighted by molar-refractivity contribution is 7.89. The van der Waals surface area contributed by atoms with E-state index in [4.69, 9.17) is 11.6 Å². The minimum Gasteiger partial charge on any atom is -0.268 e. The number of aromatic nitrogens is 2. The Kier molecular flexibility index (Phi) is 4.76. The zero-order valence-corrected chi connectivity index (χ0v) is 13.8. The maximum absolute atomic E-state index is 12.7. The van der Waals surface area contributed by atoms with Gasteiger partial charge in [-0.15, -0.1) is 11.6 Å². The van der Waals surface area contributed by atoms with E-state index in [1.165, 1.54) is 4.31 Å². The Morgan fingerprint density at radius 2 is 2.05 bits per heavy atom. The average Bonchev–Trinajstić information content (AvgIpc) is 2.59. The summed E-state index contributed by atoms with van der Waals surface area (Å²) in [6.45, 7) is 4.22. The molecule has 20 heavy (non-hydrogen) atoms. The van der Waals surface area contributed by atoms with Gasteiger partial charge in [-0.3, -0.25) is 4.68 Å². The van der Waals surface area contributed by atoms with Crippen LogP contribution >= 0.6 is 11.6 Å². The van der Waals surface area contributed by atoms with Crippen LogP contribution in [0, 0.1) is 13.8 Å². The second-order valence-corrected chi connectivity index (χ2v) is 7.68. The highest BCUT2D eigenvalue weighted by Crippen LogP contribution is 2.30. The predicted octanol–water partition coefficient (Wildman–Crippen LogP) is 2.30. The fourth-order valence-electron chi connectivity index (χ4n) is 2.57. The smallest absolute Gasteiger partial charge is 0.246 e. The number of halogens is 1. The lowest BCUT2D eigenvalue weighted by Gasteiger charge is -2.33. The molecular formula is C13H22ClN3O2S. The molecule has 0 amide bonds. The molecular weight excluding hydrogens is 298 g/mol. The van der Waals surface area contributed by atoms with Gasteiger partial charge in [0.2, 0.25) is 10.0 Å². The number of hydrogen-bond acceptors (Lipinski definition) is 3. The summed E-state index contributed by atoms with van der Waals surface area (Å²) >= 11 is 5.69. The molecule has 1 saturated carbocycles. The van der Waals surface area contributed by atoms with E-state index in [9.17, 15) is 8.42 Å². The molecule has 7 heteroatoms. The maximum atomic E-state index is 12.7. The van der Waals surface area contributed by atoms with Crippen molar-refractivity contribution in [2.24, 2.45) is 0 Å². The molecule has 0 aliphatic heterocycles. The van der Waals surface area contributed by atoms with E-state index in [2.05, 4.69) is 5.10 Å². The van der Waals surface area contributed by atoms with Crippen LogP contribution in [0.4, 0.5) is 0 Å². The van der Waals surface area contributed by atoms with Crippen molar-refractivity contribution in [2.45, 2.75) is 57.0 Å². The molecule has 1 heterocycles. The third-order valence-electron chi connectivity index (χ3n) is 4.04. The summed E-state index contributed by atoms with van der Waals surface area (Å²) in [5.74, 6) is 0.544. The van der Waals surface area contributed by atoms with E-state index in [1.54, 1.807) is 18.7 Å². The summed E-state index contributed by atoms with van der Waals surface area (Å²) in [4.78, 5) is 0.362. The fraction of sp³-hybridized carbons (Fsp3) is 0.769. The molecule has 1 aromatic rings.